The van der Waals surface area contributed by atoms with Crippen molar-refractivity contribution in [2.24, 2.45) is 11.8 Å². The van der Waals surface area contributed by atoms with Gasteiger partial charge in [-0.2, -0.15) is 0 Å². The predicted molar refractivity (Wildman–Crippen MR) is 78.8 cm³/mol. The van der Waals surface area contributed by atoms with Crippen molar-refractivity contribution >= 4 is 0 Å². The van der Waals surface area contributed by atoms with E-state index in [1.165, 1.54) is 45.2 Å². The maximum Gasteiger partial charge on any atom is 0.0247 e. The fraction of sp³-hybridized carbons (Fsp3) is 1.00. The maximum atomic E-state index is 3.74. The summed E-state index contributed by atoms with van der Waals surface area (Å²) in [5.74, 6) is 1.73. The van der Waals surface area contributed by atoms with E-state index in [1.54, 1.807) is 0 Å². The van der Waals surface area contributed by atoms with Crippen LogP contribution in [0.1, 0.15) is 59.8 Å². The highest BCUT2D eigenvalue weighted by atomic mass is 15.3. The summed E-state index contributed by atoms with van der Waals surface area (Å²) >= 11 is 0. The van der Waals surface area contributed by atoms with Gasteiger partial charge >= 0.3 is 0 Å². The summed E-state index contributed by atoms with van der Waals surface area (Å²) in [4.78, 5) is 2.86. The molecule has 0 spiro atoms. The Hall–Kier alpha value is -0.0800. The molecule has 1 saturated carbocycles. The number of nitrogens with zero attached hydrogens (tertiary/aromatic N) is 1. The molecule has 2 fully saturated rings. The first-order valence-electron chi connectivity index (χ1n) is 8.11. The Balaban J connectivity index is 2.00. The first-order valence-corrected chi connectivity index (χ1v) is 8.11. The summed E-state index contributed by atoms with van der Waals surface area (Å²) in [6, 6.07) is 2.34. The zero-order chi connectivity index (χ0) is 13.1. The summed E-state index contributed by atoms with van der Waals surface area (Å²) in [5.41, 5.74) is 0. The van der Waals surface area contributed by atoms with Gasteiger partial charge in [0, 0.05) is 31.2 Å². The van der Waals surface area contributed by atoms with E-state index in [0.29, 0.717) is 0 Å². The van der Waals surface area contributed by atoms with Crippen LogP contribution >= 0.6 is 0 Å². The van der Waals surface area contributed by atoms with Gasteiger partial charge in [0.2, 0.25) is 0 Å². The molecule has 0 aromatic carbocycles. The van der Waals surface area contributed by atoms with Gasteiger partial charge in [0.1, 0.15) is 0 Å². The van der Waals surface area contributed by atoms with Gasteiger partial charge in [-0.25, -0.2) is 0 Å². The van der Waals surface area contributed by atoms with Crippen LogP contribution in [0.3, 0.4) is 0 Å². The highest BCUT2D eigenvalue weighted by Gasteiger charge is 2.34. The second-order valence-electron chi connectivity index (χ2n) is 6.94. The van der Waals surface area contributed by atoms with Gasteiger partial charge in [-0.3, -0.25) is 4.90 Å². The molecule has 1 heterocycles. The molecule has 0 radical (unpaired) electrons. The van der Waals surface area contributed by atoms with Gasteiger partial charge < -0.3 is 5.32 Å². The SMILES string of the molecule is CCC1CN(C2CCC(C)CC2)C(C(C)C)CN1. The molecular weight excluding hydrogens is 220 g/mol. The molecular formula is C16H32N2. The van der Waals surface area contributed by atoms with Crippen LogP contribution in [0.2, 0.25) is 0 Å². The molecule has 106 valence electrons. The van der Waals surface area contributed by atoms with Crippen molar-refractivity contribution < 1.29 is 0 Å². The van der Waals surface area contributed by atoms with Crippen molar-refractivity contribution in [3.8, 4) is 0 Å². The third-order valence-corrected chi connectivity index (χ3v) is 5.19. The molecule has 1 saturated heterocycles. The molecule has 0 amide bonds. The van der Waals surface area contributed by atoms with E-state index in [9.17, 15) is 0 Å². The first kappa shape index (κ1) is 14.3. The zero-order valence-corrected chi connectivity index (χ0v) is 12.8. The summed E-state index contributed by atoms with van der Waals surface area (Å²) < 4.78 is 0. The van der Waals surface area contributed by atoms with Crippen LogP contribution in [0.5, 0.6) is 0 Å². The maximum absolute atomic E-state index is 3.74. The fourth-order valence-electron chi connectivity index (χ4n) is 3.75. The van der Waals surface area contributed by atoms with Gasteiger partial charge in [0.15, 0.2) is 0 Å². The summed E-state index contributed by atoms with van der Waals surface area (Å²) in [5, 5.41) is 3.74. The highest BCUT2D eigenvalue weighted by Crippen LogP contribution is 2.30. The summed E-state index contributed by atoms with van der Waals surface area (Å²) in [6.07, 6.45) is 7.01. The largest absolute Gasteiger partial charge is 0.311 e. The molecule has 2 atom stereocenters. The lowest BCUT2D eigenvalue weighted by Crippen LogP contribution is -2.61. The Morgan fingerprint density at radius 3 is 2.39 bits per heavy atom. The van der Waals surface area contributed by atoms with Gasteiger partial charge in [-0.15, -0.1) is 0 Å². The number of hydrogen-bond donors (Lipinski definition) is 1. The van der Waals surface area contributed by atoms with Crippen LogP contribution in [0.25, 0.3) is 0 Å². The van der Waals surface area contributed by atoms with E-state index < -0.39 is 0 Å². The Labute approximate surface area is 114 Å². The standard InChI is InChI=1S/C16H32N2/c1-5-14-11-18(16(10-17-14)12(2)3)15-8-6-13(4)7-9-15/h12-17H,5-11H2,1-4H3. The molecule has 2 nitrogen and oxygen atoms in total. The summed E-state index contributed by atoms with van der Waals surface area (Å²) in [7, 11) is 0. The van der Waals surface area contributed by atoms with Crippen molar-refractivity contribution in [1.29, 1.82) is 0 Å². The minimum atomic E-state index is 0.722. The Bertz CT molecular complexity index is 243. The van der Waals surface area contributed by atoms with Crippen molar-refractivity contribution in [1.82, 2.24) is 10.2 Å². The Kier molecular flexibility index (Phi) is 5.08. The van der Waals surface area contributed by atoms with E-state index in [2.05, 4.69) is 37.9 Å². The molecule has 2 aliphatic rings. The molecule has 0 bridgehead atoms. The molecule has 0 aromatic heterocycles. The summed E-state index contributed by atoms with van der Waals surface area (Å²) in [6.45, 7) is 12.0. The number of rotatable bonds is 3. The van der Waals surface area contributed by atoms with Gasteiger partial charge in [0.05, 0.1) is 0 Å². The van der Waals surface area contributed by atoms with Crippen molar-refractivity contribution in [2.75, 3.05) is 13.1 Å². The number of piperazine rings is 1. The van der Waals surface area contributed by atoms with E-state index in [0.717, 1.165) is 30.0 Å². The normalized spacial score (nSPS) is 39.2. The molecule has 2 heteroatoms. The molecule has 1 aliphatic heterocycles. The lowest BCUT2D eigenvalue weighted by molar-refractivity contribution is 0.0327. The van der Waals surface area contributed by atoms with Crippen LogP contribution in [-0.2, 0) is 0 Å². The second kappa shape index (κ2) is 6.38. The quantitative estimate of drug-likeness (QED) is 0.829. The monoisotopic (exact) mass is 252 g/mol. The highest BCUT2D eigenvalue weighted by molar-refractivity contribution is 4.92. The van der Waals surface area contributed by atoms with Gasteiger partial charge in [-0.1, -0.05) is 27.7 Å². The minimum absolute atomic E-state index is 0.722. The Morgan fingerprint density at radius 2 is 1.83 bits per heavy atom. The second-order valence-corrected chi connectivity index (χ2v) is 6.94. The molecule has 18 heavy (non-hydrogen) atoms. The van der Waals surface area contributed by atoms with Crippen molar-refractivity contribution in [3.63, 3.8) is 0 Å². The van der Waals surface area contributed by atoms with Crippen LogP contribution < -0.4 is 5.32 Å². The van der Waals surface area contributed by atoms with Crippen LogP contribution in [0.4, 0.5) is 0 Å². The van der Waals surface area contributed by atoms with Crippen molar-refractivity contribution in [3.05, 3.63) is 0 Å². The first-order chi connectivity index (χ1) is 8.61. The lowest BCUT2D eigenvalue weighted by Gasteiger charge is -2.48. The van der Waals surface area contributed by atoms with Crippen LogP contribution in [-0.4, -0.2) is 36.1 Å². The molecule has 1 N–H and O–H groups in total. The van der Waals surface area contributed by atoms with Gasteiger partial charge in [0.25, 0.3) is 0 Å². The lowest BCUT2D eigenvalue weighted by atomic mass is 9.84. The van der Waals surface area contributed by atoms with E-state index in [1.807, 2.05) is 0 Å². The molecule has 2 unspecified atom stereocenters. The third-order valence-electron chi connectivity index (χ3n) is 5.19. The van der Waals surface area contributed by atoms with E-state index in [4.69, 9.17) is 0 Å². The molecule has 2 rings (SSSR count). The average Bonchev–Trinajstić information content (AvgIpc) is 2.38. The Morgan fingerprint density at radius 1 is 1.17 bits per heavy atom. The van der Waals surface area contributed by atoms with E-state index in [-0.39, 0.29) is 0 Å². The predicted octanol–water partition coefficient (Wildman–Crippen LogP) is 3.27. The van der Waals surface area contributed by atoms with Gasteiger partial charge in [-0.05, 0) is 43.9 Å². The van der Waals surface area contributed by atoms with E-state index >= 15 is 0 Å². The molecule has 1 aliphatic carbocycles. The third kappa shape index (κ3) is 3.27. The topological polar surface area (TPSA) is 15.3 Å². The van der Waals surface area contributed by atoms with Crippen molar-refractivity contribution in [2.45, 2.75) is 77.9 Å². The minimum Gasteiger partial charge on any atom is -0.311 e. The average molecular weight is 252 g/mol. The smallest absolute Gasteiger partial charge is 0.0247 e. The van der Waals surface area contributed by atoms with Crippen LogP contribution in [0.15, 0.2) is 0 Å². The fourth-order valence-corrected chi connectivity index (χ4v) is 3.75. The number of hydrogen-bond acceptors (Lipinski definition) is 2. The zero-order valence-electron chi connectivity index (χ0n) is 12.8. The number of nitrogens with one attached hydrogen (secondary N) is 1. The van der Waals surface area contributed by atoms with Crippen LogP contribution in [0, 0.1) is 11.8 Å². The molecule has 0 aromatic rings.